The molecule has 0 aromatic carbocycles. The molecule has 3 aliphatic carbocycles. The van der Waals surface area contributed by atoms with Crippen LogP contribution < -0.4 is 0 Å². The second-order valence-corrected chi connectivity index (χ2v) is 7.28. The van der Waals surface area contributed by atoms with Crippen molar-refractivity contribution in [3.63, 3.8) is 0 Å². The van der Waals surface area contributed by atoms with Crippen molar-refractivity contribution in [2.24, 2.45) is 22.7 Å². The lowest BCUT2D eigenvalue weighted by molar-refractivity contribution is -0.148. The highest BCUT2D eigenvalue weighted by Crippen LogP contribution is 2.76. The number of hydrogen-bond donors (Lipinski definition) is 1. The fourth-order valence-corrected chi connectivity index (χ4v) is 5.32. The molecule has 102 valence electrons. The Morgan fingerprint density at radius 1 is 1.37 bits per heavy atom. The Balaban J connectivity index is 1.77. The second-order valence-electron chi connectivity index (χ2n) is 7.28. The number of epoxide rings is 1. The number of ether oxygens (including phenoxy) is 1. The maximum Gasteiger partial charge on any atom is 0.309 e. The number of aliphatic carboxylic acids is 1. The zero-order chi connectivity index (χ0) is 13.8. The SMILES string of the molecule is C=C1C(=O)[C@H]2O[C@]23C[C@H]2C[C@](C)(C(=O)O)C[C@H]2[C@]13C. The molecule has 4 nitrogen and oxygen atoms in total. The zero-order valence-electron chi connectivity index (χ0n) is 11.2. The van der Waals surface area contributed by atoms with E-state index < -0.39 is 11.4 Å². The topological polar surface area (TPSA) is 66.9 Å². The van der Waals surface area contributed by atoms with E-state index in [4.69, 9.17) is 4.74 Å². The van der Waals surface area contributed by atoms with E-state index in [0.29, 0.717) is 24.3 Å². The largest absolute Gasteiger partial charge is 0.481 e. The highest BCUT2D eigenvalue weighted by molar-refractivity contribution is 6.07. The van der Waals surface area contributed by atoms with E-state index in [1.807, 2.05) is 6.92 Å². The van der Waals surface area contributed by atoms with Crippen LogP contribution in [0.5, 0.6) is 0 Å². The first kappa shape index (κ1) is 11.6. The molecule has 0 unspecified atom stereocenters. The van der Waals surface area contributed by atoms with Gasteiger partial charge < -0.3 is 9.84 Å². The van der Waals surface area contributed by atoms with E-state index in [1.165, 1.54) is 0 Å². The summed E-state index contributed by atoms with van der Waals surface area (Å²) in [6, 6.07) is 0. The van der Waals surface area contributed by atoms with Crippen LogP contribution in [-0.4, -0.2) is 28.6 Å². The average Bonchev–Trinajstić information content (AvgIpc) is 2.85. The van der Waals surface area contributed by atoms with E-state index in [9.17, 15) is 14.7 Å². The molecule has 0 aromatic heterocycles. The molecule has 0 amide bonds. The Hall–Kier alpha value is -1.16. The summed E-state index contributed by atoms with van der Waals surface area (Å²) in [5.74, 6) is -0.105. The first-order chi connectivity index (χ1) is 8.76. The summed E-state index contributed by atoms with van der Waals surface area (Å²) in [5, 5.41) is 9.42. The number of carbonyl (C=O) groups is 2. The highest BCUT2D eigenvalue weighted by Gasteiger charge is 2.84. The Labute approximate surface area is 111 Å². The predicted molar refractivity (Wildman–Crippen MR) is 66.4 cm³/mol. The van der Waals surface area contributed by atoms with Gasteiger partial charge >= 0.3 is 5.97 Å². The summed E-state index contributed by atoms with van der Waals surface area (Å²) in [5.41, 5.74) is -0.662. The summed E-state index contributed by atoms with van der Waals surface area (Å²) < 4.78 is 5.76. The molecular formula is C15H18O4. The van der Waals surface area contributed by atoms with Crippen molar-refractivity contribution < 1.29 is 19.4 Å². The van der Waals surface area contributed by atoms with Gasteiger partial charge in [0.05, 0.1) is 5.41 Å². The maximum absolute atomic E-state index is 12.1. The summed E-state index contributed by atoms with van der Waals surface area (Å²) in [7, 11) is 0. The fraction of sp³-hybridized carbons (Fsp3) is 0.733. The molecule has 1 spiro atoms. The minimum atomic E-state index is -0.720. The lowest BCUT2D eigenvalue weighted by Crippen LogP contribution is -2.36. The van der Waals surface area contributed by atoms with Crippen LogP contribution in [0.3, 0.4) is 0 Å². The van der Waals surface area contributed by atoms with E-state index in [1.54, 1.807) is 0 Å². The van der Waals surface area contributed by atoms with Crippen molar-refractivity contribution in [1.82, 2.24) is 0 Å². The lowest BCUT2D eigenvalue weighted by atomic mass is 9.69. The van der Waals surface area contributed by atoms with Gasteiger partial charge in [0.1, 0.15) is 5.60 Å². The third-order valence-corrected chi connectivity index (χ3v) is 6.51. The molecule has 6 atom stereocenters. The standard InChI is InChI=1S/C15H18O4/c1-7-10(16)11-15(19-11)5-8-4-13(2,12(17)18)6-9(8)14(7,15)3/h8-9,11H,1,4-6H2,2-3H3,(H,17,18)/t8-,9-,11-,13+,14+,15-/m1/s1. The van der Waals surface area contributed by atoms with Gasteiger partial charge in [0.15, 0.2) is 11.9 Å². The highest BCUT2D eigenvalue weighted by atomic mass is 16.6. The van der Waals surface area contributed by atoms with Gasteiger partial charge in [-0.1, -0.05) is 13.5 Å². The first-order valence-corrected chi connectivity index (χ1v) is 6.91. The summed E-state index contributed by atoms with van der Waals surface area (Å²) >= 11 is 0. The average molecular weight is 262 g/mol. The fourth-order valence-electron chi connectivity index (χ4n) is 5.32. The van der Waals surface area contributed by atoms with Gasteiger partial charge in [-0.2, -0.15) is 0 Å². The van der Waals surface area contributed by atoms with Crippen molar-refractivity contribution in [2.75, 3.05) is 0 Å². The number of ketones is 1. The van der Waals surface area contributed by atoms with E-state index >= 15 is 0 Å². The number of Topliss-reactive ketones (excluding diaryl/α,β-unsaturated/α-hetero) is 1. The Morgan fingerprint density at radius 3 is 2.68 bits per heavy atom. The molecule has 1 N–H and O–H groups in total. The normalized spacial score (nSPS) is 57.9. The monoisotopic (exact) mass is 262 g/mol. The molecule has 4 heteroatoms. The molecule has 1 aliphatic heterocycles. The Bertz CT molecular complexity index is 552. The zero-order valence-corrected chi connectivity index (χ0v) is 11.2. The third-order valence-electron chi connectivity index (χ3n) is 6.51. The minimum Gasteiger partial charge on any atom is -0.481 e. The van der Waals surface area contributed by atoms with Gasteiger partial charge in [-0.3, -0.25) is 9.59 Å². The van der Waals surface area contributed by atoms with Crippen molar-refractivity contribution in [3.05, 3.63) is 12.2 Å². The van der Waals surface area contributed by atoms with E-state index in [-0.39, 0.29) is 28.8 Å². The molecule has 1 saturated heterocycles. The maximum atomic E-state index is 12.1. The van der Waals surface area contributed by atoms with Gasteiger partial charge in [-0.05, 0) is 38.0 Å². The molecular weight excluding hydrogens is 244 g/mol. The van der Waals surface area contributed by atoms with Crippen LogP contribution in [0.15, 0.2) is 12.2 Å². The number of carboxylic acids is 1. The molecule has 4 fully saturated rings. The quantitative estimate of drug-likeness (QED) is 0.578. The van der Waals surface area contributed by atoms with Crippen molar-refractivity contribution in [2.45, 2.75) is 44.8 Å². The molecule has 4 aliphatic rings. The van der Waals surface area contributed by atoms with Gasteiger partial charge in [-0.25, -0.2) is 0 Å². The van der Waals surface area contributed by atoms with Gasteiger partial charge in [0.25, 0.3) is 0 Å². The summed E-state index contributed by atoms with van der Waals surface area (Å²) in [4.78, 5) is 23.6. The van der Waals surface area contributed by atoms with Crippen LogP contribution >= 0.6 is 0 Å². The van der Waals surface area contributed by atoms with Crippen LogP contribution in [-0.2, 0) is 14.3 Å². The molecule has 0 aromatic rings. The lowest BCUT2D eigenvalue weighted by Gasteiger charge is -2.34. The molecule has 19 heavy (non-hydrogen) atoms. The number of fused-ring (bicyclic) bond motifs is 2. The molecule has 3 saturated carbocycles. The second kappa shape index (κ2) is 2.80. The van der Waals surface area contributed by atoms with Crippen LogP contribution in [0.4, 0.5) is 0 Å². The molecule has 0 radical (unpaired) electrons. The van der Waals surface area contributed by atoms with Crippen molar-refractivity contribution in [3.8, 4) is 0 Å². The first-order valence-electron chi connectivity index (χ1n) is 6.91. The number of rotatable bonds is 1. The van der Waals surface area contributed by atoms with Crippen molar-refractivity contribution in [1.29, 1.82) is 0 Å². The summed E-state index contributed by atoms with van der Waals surface area (Å²) in [6.07, 6.45) is 1.87. The van der Waals surface area contributed by atoms with Crippen LogP contribution in [0.2, 0.25) is 0 Å². The van der Waals surface area contributed by atoms with E-state index in [0.717, 1.165) is 6.42 Å². The smallest absolute Gasteiger partial charge is 0.309 e. The van der Waals surface area contributed by atoms with Crippen LogP contribution in [0.1, 0.15) is 33.1 Å². The number of carboxylic acid groups (broad SMARTS) is 1. The number of hydrogen-bond acceptors (Lipinski definition) is 3. The Kier molecular flexibility index (Phi) is 1.72. The Morgan fingerprint density at radius 2 is 2.05 bits per heavy atom. The predicted octanol–water partition coefficient (Wildman–Crippen LogP) is 1.79. The van der Waals surface area contributed by atoms with Gasteiger partial charge in [0, 0.05) is 11.0 Å². The molecule has 1 heterocycles. The van der Waals surface area contributed by atoms with Crippen molar-refractivity contribution >= 4 is 11.8 Å². The van der Waals surface area contributed by atoms with Crippen LogP contribution in [0, 0.1) is 22.7 Å². The molecule has 4 rings (SSSR count). The van der Waals surface area contributed by atoms with Gasteiger partial charge in [0.2, 0.25) is 0 Å². The minimum absolute atomic E-state index is 0.0462. The summed E-state index contributed by atoms with van der Waals surface area (Å²) in [6.45, 7) is 7.90. The molecule has 0 bridgehead atoms. The third kappa shape index (κ3) is 0.970. The number of carbonyl (C=O) groups excluding carboxylic acids is 1. The van der Waals surface area contributed by atoms with Crippen LogP contribution in [0.25, 0.3) is 0 Å². The van der Waals surface area contributed by atoms with Gasteiger partial charge in [-0.15, -0.1) is 0 Å². The van der Waals surface area contributed by atoms with E-state index in [2.05, 4.69) is 13.5 Å².